The molecule has 0 spiro atoms. The Hall–Kier alpha value is -0.800. The lowest BCUT2D eigenvalue weighted by atomic mass is 9.97. The molecule has 1 aromatic carbocycles. The largest absolute Gasteiger partial charge is 0.508 e. The fourth-order valence-corrected chi connectivity index (χ4v) is 2.13. The molecule has 1 atom stereocenters. The van der Waals surface area contributed by atoms with Crippen molar-refractivity contribution >= 4 is 15.9 Å². The van der Waals surface area contributed by atoms with E-state index in [1.807, 2.05) is 12.1 Å². The van der Waals surface area contributed by atoms with Gasteiger partial charge in [-0.15, -0.1) is 0 Å². The molecule has 1 saturated heterocycles. The molecule has 15 heavy (non-hydrogen) atoms. The van der Waals surface area contributed by atoms with Crippen molar-refractivity contribution in [1.29, 1.82) is 0 Å². The SMILES string of the molecule is C=C1CCOC(c2cc(Br)ccc2O)C1. The monoisotopic (exact) mass is 268 g/mol. The highest BCUT2D eigenvalue weighted by molar-refractivity contribution is 9.10. The quantitative estimate of drug-likeness (QED) is 0.790. The van der Waals surface area contributed by atoms with Crippen molar-refractivity contribution in [2.75, 3.05) is 6.61 Å². The summed E-state index contributed by atoms with van der Waals surface area (Å²) in [5.41, 5.74) is 2.02. The molecule has 1 aliphatic rings. The third-order valence-corrected chi connectivity index (χ3v) is 3.08. The van der Waals surface area contributed by atoms with E-state index in [4.69, 9.17) is 4.74 Å². The summed E-state index contributed by atoms with van der Waals surface area (Å²) < 4.78 is 6.58. The van der Waals surface area contributed by atoms with Crippen LogP contribution in [0.3, 0.4) is 0 Å². The second kappa shape index (κ2) is 4.37. The summed E-state index contributed by atoms with van der Waals surface area (Å²) in [5, 5.41) is 9.74. The molecule has 1 unspecified atom stereocenters. The highest BCUT2D eigenvalue weighted by Crippen LogP contribution is 2.36. The van der Waals surface area contributed by atoms with Crippen molar-refractivity contribution in [2.45, 2.75) is 18.9 Å². The molecule has 0 radical (unpaired) electrons. The van der Waals surface area contributed by atoms with Crippen LogP contribution in [-0.2, 0) is 4.74 Å². The van der Waals surface area contributed by atoms with Gasteiger partial charge in [-0.3, -0.25) is 0 Å². The molecule has 2 rings (SSSR count). The predicted molar refractivity (Wildman–Crippen MR) is 62.9 cm³/mol. The van der Waals surface area contributed by atoms with Gasteiger partial charge in [0.25, 0.3) is 0 Å². The van der Waals surface area contributed by atoms with Gasteiger partial charge < -0.3 is 9.84 Å². The number of hydrogen-bond acceptors (Lipinski definition) is 2. The summed E-state index contributed by atoms with van der Waals surface area (Å²) in [4.78, 5) is 0. The fraction of sp³-hybridized carbons (Fsp3) is 0.333. The fourth-order valence-electron chi connectivity index (χ4n) is 1.75. The van der Waals surface area contributed by atoms with Crippen LogP contribution in [0.4, 0.5) is 0 Å². The van der Waals surface area contributed by atoms with Crippen molar-refractivity contribution in [3.63, 3.8) is 0 Å². The highest BCUT2D eigenvalue weighted by Gasteiger charge is 2.21. The third kappa shape index (κ3) is 2.41. The van der Waals surface area contributed by atoms with Crippen LogP contribution in [0.15, 0.2) is 34.8 Å². The average molecular weight is 269 g/mol. The number of halogens is 1. The van der Waals surface area contributed by atoms with Gasteiger partial charge >= 0.3 is 0 Å². The molecule has 1 aliphatic heterocycles. The molecule has 1 N–H and O–H groups in total. The summed E-state index contributed by atoms with van der Waals surface area (Å²) in [6.07, 6.45) is 1.67. The van der Waals surface area contributed by atoms with Gasteiger partial charge in [0.1, 0.15) is 5.75 Å². The smallest absolute Gasteiger partial charge is 0.121 e. The molecule has 2 nitrogen and oxygen atoms in total. The first-order valence-corrected chi connectivity index (χ1v) is 5.73. The Balaban J connectivity index is 2.27. The van der Waals surface area contributed by atoms with E-state index in [9.17, 15) is 5.11 Å². The molecular weight excluding hydrogens is 256 g/mol. The normalized spacial score (nSPS) is 21.7. The van der Waals surface area contributed by atoms with Crippen LogP contribution in [0.25, 0.3) is 0 Å². The maximum Gasteiger partial charge on any atom is 0.121 e. The summed E-state index contributed by atoms with van der Waals surface area (Å²) in [6, 6.07) is 5.40. The van der Waals surface area contributed by atoms with Crippen LogP contribution in [0, 0.1) is 0 Å². The van der Waals surface area contributed by atoms with E-state index in [2.05, 4.69) is 22.5 Å². The molecule has 1 aromatic rings. The Morgan fingerprint density at radius 1 is 1.47 bits per heavy atom. The van der Waals surface area contributed by atoms with Gasteiger partial charge in [0.15, 0.2) is 0 Å². The zero-order chi connectivity index (χ0) is 10.8. The highest BCUT2D eigenvalue weighted by atomic mass is 79.9. The molecule has 0 saturated carbocycles. The minimum atomic E-state index is -0.0521. The van der Waals surface area contributed by atoms with E-state index in [1.165, 1.54) is 5.57 Å². The Bertz CT molecular complexity index is 387. The summed E-state index contributed by atoms with van der Waals surface area (Å²) in [6.45, 7) is 4.66. The molecule has 0 amide bonds. The van der Waals surface area contributed by atoms with Gasteiger partial charge in [-0.25, -0.2) is 0 Å². The topological polar surface area (TPSA) is 29.5 Å². The van der Waals surface area contributed by atoms with E-state index < -0.39 is 0 Å². The molecule has 1 heterocycles. The Kier molecular flexibility index (Phi) is 3.12. The van der Waals surface area contributed by atoms with Crippen LogP contribution in [0.1, 0.15) is 24.5 Å². The second-order valence-corrected chi connectivity index (χ2v) is 4.68. The lowest BCUT2D eigenvalue weighted by Crippen LogP contribution is -2.13. The Morgan fingerprint density at radius 2 is 2.27 bits per heavy atom. The summed E-state index contributed by atoms with van der Waals surface area (Å²) in [5.74, 6) is 0.290. The number of hydrogen-bond donors (Lipinski definition) is 1. The van der Waals surface area contributed by atoms with Crippen molar-refractivity contribution in [1.82, 2.24) is 0 Å². The van der Waals surface area contributed by atoms with Gasteiger partial charge in [0.2, 0.25) is 0 Å². The lowest BCUT2D eigenvalue weighted by Gasteiger charge is -2.25. The maximum atomic E-state index is 9.74. The number of ether oxygens (including phenoxy) is 1. The molecule has 80 valence electrons. The van der Waals surface area contributed by atoms with E-state index >= 15 is 0 Å². The van der Waals surface area contributed by atoms with E-state index in [-0.39, 0.29) is 11.9 Å². The van der Waals surface area contributed by atoms with Crippen LogP contribution < -0.4 is 0 Å². The minimum Gasteiger partial charge on any atom is -0.508 e. The number of rotatable bonds is 1. The number of aromatic hydroxyl groups is 1. The van der Waals surface area contributed by atoms with Crippen LogP contribution in [0.2, 0.25) is 0 Å². The van der Waals surface area contributed by atoms with Gasteiger partial charge in [-0.2, -0.15) is 0 Å². The van der Waals surface area contributed by atoms with Gasteiger partial charge in [-0.05, 0) is 31.0 Å². The van der Waals surface area contributed by atoms with Crippen molar-refractivity contribution in [3.05, 3.63) is 40.4 Å². The molecule has 0 aliphatic carbocycles. The zero-order valence-electron chi connectivity index (χ0n) is 8.37. The van der Waals surface area contributed by atoms with Gasteiger partial charge in [0.05, 0.1) is 12.7 Å². The Labute approximate surface area is 97.7 Å². The molecule has 0 bridgehead atoms. The van der Waals surface area contributed by atoms with Gasteiger partial charge in [0, 0.05) is 10.0 Å². The lowest BCUT2D eigenvalue weighted by molar-refractivity contribution is 0.0337. The molecular formula is C12H13BrO2. The number of phenolic OH excluding ortho intramolecular Hbond substituents is 1. The number of benzene rings is 1. The average Bonchev–Trinajstić information content (AvgIpc) is 2.22. The Morgan fingerprint density at radius 3 is 3.00 bits per heavy atom. The standard InChI is InChI=1S/C12H13BrO2/c1-8-4-5-15-12(6-8)10-7-9(13)2-3-11(10)14/h2-3,7,12,14H,1,4-6H2. The van der Waals surface area contributed by atoms with Crippen molar-refractivity contribution in [2.24, 2.45) is 0 Å². The molecule has 3 heteroatoms. The van der Waals surface area contributed by atoms with Crippen molar-refractivity contribution in [3.8, 4) is 5.75 Å². The third-order valence-electron chi connectivity index (χ3n) is 2.59. The van der Waals surface area contributed by atoms with Gasteiger partial charge in [-0.1, -0.05) is 28.1 Å². The predicted octanol–water partition coefficient (Wildman–Crippen LogP) is 3.56. The van der Waals surface area contributed by atoms with E-state index in [0.29, 0.717) is 6.61 Å². The van der Waals surface area contributed by atoms with E-state index in [1.54, 1.807) is 6.07 Å². The van der Waals surface area contributed by atoms with Crippen LogP contribution >= 0.6 is 15.9 Å². The molecule has 1 fully saturated rings. The maximum absolute atomic E-state index is 9.74. The second-order valence-electron chi connectivity index (χ2n) is 3.77. The van der Waals surface area contributed by atoms with Crippen LogP contribution in [-0.4, -0.2) is 11.7 Å². The number of phenols is 1. The minimum absolute atomic E-state index is 0.0521. The van der Waals surface area contributed by atoms with Crippen molar-refractivity contribution < 1.29 is 9.84 Å². The first-order valence-electron chi connectivity index (χ1n) is 4.93. The summed E-state index contributed by atoms with van der Waals surface area (Å²) in [7, 11) is 0. The first kappa shape index (κ1) is 10.7. The van der Waals surface area contributed by atoms with E-state index in [0.717, 1.165) is 22.9 Å². The molecule has 0 aromatic heterocycles. The van der Waals surface area contributed by atoms with Crippen LogP contribution in [0.5, 0.6) is 5.75 Å². The zero-order valence-corrected chi connectivity index (χ0v) is 9.96. The first-order chi connectivity index (χ1) is 7.16. The summed E-state index contributed by atoms with van der Waals surface area (Å²) >= 11 is 3.39.